The average Bonchev–Trinajstić information content (AvgIpc) is 3.13. The highest BCUT2D eigenvalue weighted by molar-refractivity contribution is 5.56. The molecule has 1 aromatic carbocycles. The van der Waals surface area contributed by atoms with Crippen LogP contribution in [0, 0.1) is 0 Å². The van der Waals surface area contributed by atoms with Crippen LogP contribution in [0.5, 0.6) is 5.75 Å². The molecule has 0 spiro atoms. The summed E-state index contributed by atoms with van der Waals surface area (Å²) in [5.74, 6) is 2.21. The van der Waals surface area contributed by atoms with Gasteiger partial charge in [0.25, 0.3) is 0 Å². The van der Waals surface area contributed by atoms with Crippen LogP contribution >= 0.6 is 0 Å². The maximum Gasteiger partial charge on any atom is 0.229 e. The van der Waals surface area contributed by atoms with Crippen LogP contribution in [0.3, 0.4) is 0 Å². The summed E-state index contributed by atoms with van der Waals surface area (Å²) in [4.78, 5) is 11.1. The van der Waals surface area contributed by atoms with Crippen LogP contribution in [0.4, 0.5) is 17.5 Å². The Hall–Kier alpha value is -2.34. The molecule has 128 valence electrons. The topological polar surface area (TPSA) is 62.3 Å². The molecule has 1 aliphatic heterocycles. The van der Waals surface area contributed by atoms with Gasteiger partial charge in [-0.05, 0) is 50.6 Å². The number of anilines is 3. The predicted molar refractivity (Wildman–Crippen MR) is 97.1 cm³/mol. The first-order valence-electron chi connectivity index (χ1n) is 8.56. The number of likely N-dealkylation sites (tertiary alicyclic amines) is 1. The fourth-order valence-electron chi connectivity index (χ4n) is 2.84. The third-order valence-corrected chi connectivity index (χ3v) is 4.09. The second-order valence-electron chi connectivity index (χ2n) is 5.92. The molecule has 3 rings (SSSR count). The molecule has 0 atom stereocenters. The largest absolute Gasteiger partial charge is 0.493 e. The van der Waals surface area contributed by atoms with E-state index in [9.17, 15) is 0 Å². The summed E-state index contributed by atoms with van der Waals surface area (Å²) in [6.07, 6.45) is 5.46. The molecule has 1 fully saturated rings. The molecule has 6 nitrogen and oxygen atoms in total. The van der Waals surface area contributed by atoms with E-state index < -0.39 is 0 Å². The zero-order valence-corrected chi connectivity index (χ0v) is 14.2. The van der Waals surface area contributed by atoms with E-state index in [-0.39, 0.29) is 0 Å². The van der Waals surface area contributed by atoms with Gasteiger partial charge in [-0.1, -0.05) is 6.07 Å². The van der Waals surface area contributed by atoms with E-state index >= 15 is 0 Å². The average molecular weight is 327 g/mol. The number of hydrogen-bond donors (Lipinski definition) is 2. The Bertz CT molecular complexity index is 643. The standard InChI is InChI=1S/C18H25N5O/c1-19-17-8-9-20-18(22-17)21-15-6-4-7-16(14-15)24-13-5-12-23-10-2-3-11-23/h4,6-9,14H,2-3,5,10-13H2,1H3,(H2,19,20,21,22). The van der Waals surface area contributed by atoms with Gasteiger partial charge in [0, 0.05) is 31.5 Å². The van der Waals surface area contributed by atoms with Crippen molar-refractivity contribution >= 4 is 17.5 Å². The van der Waals surface area contributed by atoms with Crippen LogP contribution in [0.2, 0.25) is 0 Å². The minimum absolute atomic E-state index is 0.563. The molecule has 0 unspecified atom stereocenters. The second kappa shape index (κ2) is 8.49. The van der Waals surface area contributed by atoms with Crippen LogP contribution < -0.4 is 15.4 Å². The molecule has 2 N–H and O–H groups in total. The zero-order chi connectivity index (χ0) is 16.6. The van der Waals surface area contributed by atoms with Crippen molar-refractivity contribution in [2.45, 2.75) is 19.3 Å². The maximum atomic E-state index is 5.87. The second-order valence-corrected chi connectivity index (χ2v) is 5.92. The molecule has 24 heavy (non-hydrogen) atoms. The summed E-state index contributed by atoms with van der Waals surface area (Å²) in [5, 5.41) is 6.21. The smallest absolute Gasteiger partial charge is 0.229 e. The summed E-state index contributed by atoms with van der Waals surface area (Å²) in [7, 11) is 1.84. The molecular weight excluding hydrogens is 302 g/mol. The van der Waals surface area contributed by atoms with Gasteiger partial charge in [-0.25, -0.2) is 4.98 Å². The van der Waals surface area contributed by atoms with Crippen molar-refractivity contribution in [1.82, 2.24) is 14.9 Å². The van der Waals surface area contributed by atoms with Crippen LogP contribution in [0.25, 0.3) is 0 Å². The van der Waals surface area contributed by atoms with Crippen LogP contribution in [-0.4, -0.2) is 48.2 Å². The number of benzene rings is 1. The molecule has 0 radical (unpaired) electrons. The maximum absolute atomic E-state index is 5.87. The van der Waals surface area contributed by atoms with E-state index in [2.05, 4.69) is 25.5 Å². The lowest BCUT2D eigenvalue weighted by Crippen LogP contribution is -2.21. The Labute approximate surface area is 143 Å². The highest BCUT2D eigenvalue weighted by atomic mass is 16.5. The minimum atomic E-state index is 0.563. The lowest BCUT2D eigenvalue weighted by molar-refractivity contribution is 0.263. The molecule has 2 aromatic rings. The first kappa shape index (κ1) is 16.5. The van der Waals surface area contributed by atoms with Gasteiger partial charge in [0.05, 0.1) is 6.61 Å². The van der Waals surface area contributed by atoms with Gasteiger partial charge < -0.3 is 20.3 Å². The molecule has 1 saturated heterocycles. The monoisotopic (exact) mass is 327 g/mol. The van der Waals surface area contributed by atoms with Gasteiger partial charge in [-0.2, -0.15) is 4.98 Å². The Kier molecular flexibility index (Phi) is 5.85. The number of hydrogen-bond acceptors (Lipinski definition) is 6. The predicted octanol–water partition coefficient (Wildman–Crippen LogP) is 3.13. The highest BCUT2D eigenvalue weighted by Gasteiger charge is 2.10. The number of aromatic nitrogens is 2. The van der Waals surface area contributed by atoms with Crippen LogP contribution in [0.15, 0.2) is 36.5 Å². The number of nitrogens with zero attached hydrogens (tertiary/aromatic N) is 3. The van der Waals surface area contributed by atoms with Crippen molar-refractivity contribution in [1.29, 1.82) is 0 Å². The fraction of sp³-hybridized carbons (Fsp3) is 0.444. The van der Waals surface area contributed by atoms with Crippen molar-refractivity contribution in [2.75, 3.05) is 43.9 Å². The van der Waals surface area contributed by atoms with Gasteiger partial charge in [0.2, 0.25) is 5.95 Å². The van der Waals surface area contributed by atoms with E-state index in [1.807, 2.05) is 37.4 Å². The molecule has 6 heteroatoms. The van der Waals surface area contributed by atoms with E-state index in [4.69, 9.17) is 4.74 Å². The summed E-state index contributed by atoms with van der Waals surface area (Å²) in [5.41, 5.74) is 0.917. The van der Waals surface area contributed by atoms with Crippen molar-refractivity contribution in [3.8, 4) is 5.75 Å². The molecule has 0 aliphatic carbocycles. The third-order valence-electron chi connectivity index (χ3n) is 4.09. The summed E-state index contributed by atoms with van der Waals surface area (Å²) in [6, 6.07) is 9.73. The zero-order valence-electron chi connectivity index (χ0n) is 14.2. The summed E-state index contributed by atoms with van der Waals surface area (Å²) in [6.45, 7) is 4.35. The summed E-state index contributed by atoms with van der Waals surface area (Å²) >= 11 is 0. The van der Waals surface area contributed by atoms with E-state index in [1.54, 1.807) is 6.20 Å². The third kappa shape index (κ3) is 4.83. The van der Waals surface area contributed by atoms with Gasteiger partial charge in [0.1, 0.15) is 11.6 Å². The molecule has 0 amide bonds. The van der Waals surface area contributed by atoms with Gasteiger partial charge in [0.15, 0.2) is 0 Å². The summed E-state index contributed by atoms with van der Waals surface area (Å²) < 4.78 is 5.87. The molecular formula is C18H25N5O. The quantitative estimate of drug-likeness (QED) is 0.726. The van der Waals surface area contributed by atoms with Gasteiger partial charge >= 0.3 is 0 Å². The van der Waals surface area contributed by atoms with Crippen molar-refractivity contribution in [2.24, 2.45) is 0 Å². The Balaban J connectivity index is 1.49. The molecule has 0 saturated carbocycles. The molecule has 1 aliphatic rings. The van der Waals surface area contributed by atoms with Gasteiger partial charge in [-0.15, -0.1) is 0 Å². The lowest BCUT2D eigenvalue weighted by Gasteiger charge is -2.14. The van der Waals surface area contributed by atoms with E-state index in [1.165, 1.54) is 25.9 Å². The van der Waals surface area contributed by atoms with E-state index in [0.717, 1.165) is 36.8 Å². The lowest BCUT2D eigenvalue weighted by atomic mass is 10.3. The normalized spacial score (nSPS) is 14.5. The fourth-order valence-corrected chi connectivity index (χ4v) is 2.84. The SMILES string of the molecule is CNc1ccnc(Nc2cccc(OCCCN3CCCC3)c2)n1. The number of nitrogens with one attached hydrogen (secondary N) is 2. The Morgan fingerprint density at radius 3 is 2.92 bits per heavy atom. The number of rotatable bonds is 8. The van der Waals surface area contributed by atoms with Crippen molar-refractivity contribution in [3.05, 3.63) is 36.5 Å². The Morgan fingerprint density at radius 1 is 1.21 bits per heavy atom. The minimum Gasteiger partial charge on any atom is -0.493 e. The molecule has 1 aromatic heterocycles. The van der Waals surface area contributed by atoms with E-state index in [0.29, 0.717) is 5.95 Å². The first-order chi connectivity index (χ1) is 11.8. The van der Waals surface area contributed by atoms with Crippen LogP contribution in [0.1, 0.15) is 19.3 Å². The van der Waals surface area contributed by atoms with Crippen molar-refractivity contribution < 1.29 is 4.74 Å². The highest BCUT2D eigenvalue weighted by Crippen LogP contribution is 2.20. The Morgan fingerprint density at radius 2 is 2.08 bits per heavy atom. The van der Waals surface area contributed by atoms with Gasteiger partial charge in [-0.3, -0.25) is 0 Å². The number of ether oxygens (including phenoxy) is 1. The molecule has 2 heterocycles. The first-order valence-corrected chi connectivity index (χ1v) is 8.56. The van der Waals surface area contributed by atoms with Crippen molar-refractivity contribution in [3.63, 3.8) is 0 Å². The van der Waals surface area contributed by atoms with Crippen LogP contribution in [-0.2, 0) is 0 Å². The molecule has 0 bridgehead atoms.